The van der Waals surface area contributed by atoms with Crippen LogP contribution in [0.2, 0.25) is 0 Å². The zero-order chi connectivity index (χ0) is 18.9. The Labute approximate surface area is 162 Å². The van der Waals surface area contributed by atoms with Gasteiger partial charge in [0.05, 0.1) is 29.3 Å². The van der Waals surface area contributed by atoms with Gasteiger partial charge in [-0.15, -0.1) is 0 Å². The topological polar surface area (TPSA) is 44.4 Å². The van der Waals surface area contributed by atoms with Crippen LogP contribution >= 0.6 is 0 Å². The van der Waals surface area contributed by atoms with E-state index in [4.69, 9.17) is 4.74 Å². The molecule has 5 nitrogen and oxygen atoms in total. The van der Waals surface area contributed by atoms with E-state index in [0.29, 0.717) is 0 Å². The molecular weight excluding hydrogens is 348 g/mol. The molecule has 136 valence electrons. The van der Waals surface area contributed by atoms with Crippen LogP contribution in [0.1, 0.15) is 0 Å². The van der Waals surface area contributed by atoms with Gasteiger partial charge in [0.2, 0.25) is 0 Å². The minimum absolute atomic E-state index is 0.813. The van der Waals surface area contributed by atoms with Gasteiger partial charge in [-0.1, -0.05) is 18.2 Å². The molecule has 0 aliphatic carbocycles. The fourth-order valence-electron chi connectivity index (χ4n) is 3.26. The lowest BCUT2D eigenvalue weighted by Crippen LogP contribution is -1.92. The molecular formula is C23H18N4O. The Bertz CT molecular complexity index is 1240. The normalized spacial score (nSPS) is 11.0. The van der Waals surface area contributed by atoms with Crippen molar-refractivity contribution in [3.63, 3.8) is 0 Å². The summed E-state index contributed by atoms with van der Waals surface area (Å²) in [7, 11) is 1.90. The molecule has 28 heavy (non-hydrogen) atoms. The maximum Gasteiger partial charge on any atom is 0.127 e. The first kappa shape index (κ1) is 16.3. The second-order valence-electron chi connectivity index (χ2n) is 6.63. The van der Waals surface area contributed by atoms with Crippen LogP contribution in [-0.4, -0.2) is 19.2 Å². The average molecular weight is 366 g/mol. The molecule has 0 N–H and O–H groups in total. The van der Waals surface area contributed by atoms with Gasteiger partial charge in [-0.3, -0.25) is 9.67 Å². The quantitative estimate of drug-likeness (QED) is 0.439. The number of fused-ring (bicyclic) bond motifs is 1. The molecule has 0 amide bonds. The van der Waals surface area contributed by atoms with Crippen molar-refractivity contribution in [1.29, 1.82) is 0 Å². The van der Waals surface area contributed by atoms with Gasteiger partial charge < -0.3 is 9.14 Å². The van der Waals surface area contributed by atoms with Crippen LogP contribution in [0, 0.1) is 0 Å². The largest absolute Gasteiger partial charge is 0.457 e. The maximum absolute atomic E-state index is 5.89. The van der Waals surface area contributed by atoms with Crippen molar-refractivity contribution in [2.24, 2.45) is 7.05 Å². The summed E-state index contributed by atoms with van der Waals surface area (Å²) in [6.45, 7) is 0. The minimum atomic E-state index is 0.813. The number of nitrogens with zero attached hydrogens (tertiary/aromatic N) is 4. The molecule has 0 aliphatic heterocycles. The number of aryl methyl sites for hydroxylation is 1. The summed E-state index contributed by atoms with van der Waals surface area (Å²) >= 11 is 0. The van der Waals surface area contributed by atoms with Gasteiger partial charge in [0.25, 0.3) is 0 Å². The summed E-state index contributed by atoms with van der Waals surface area (Å²) in [5.41, 5.74) is 5.16. The summed E-state index contributed by atoms with van der Waals surface area (Å²) in [5.74, 6) is 1.64. The van der Waals surface area contributed by atoms with E-state index in [2.05, 4.69) is 44.9 Å². The van der Waals surface area contributed by atoms with E-state index in [0.717, 1.165) is 39.5 Å². The molecule has 0 fully saturated rings. The Hall–Kier alpha value is -3.86. The summed E-state index contributed by atoms with van der Waals surface area (Å²) in [4.78, 5) is 4.56. The zero-order valence-corrected chi connectivity index (χ0v) is 15.4. The molecule has 3 aromatic heterocycles. The fourth-order valence-corrected chi connectivity index (χ4v) is 3.26. The standard InChI is InChI=1S/C23H18N4O/c1-26-15-18(13-25-26)22-16-27-19(14-24-22)9-12-23(27)17-7-10-21(11-8-17)28-20-5-3-2-4-6-20/h2-16H,1H3. The molecule has 0 bridgehead atoms. The van der Waals surface area contributed by atoms with E-state index in [1.807, 2.05) is 68.1 Å². The molecule has 5 heteroatoms. The van der Waals surface area contributed by atoms with Gasteiger partial charge in [-0.05, 0) is 54.1 Å². The van der Waals surface area contributed by atoms with Gasteiger partial charge in [0.1, 0.15) is 11.5 Å². The van der Waals surface area contributed by atoms with Gasteiger partial charge in [-0.2, -0.15) is 5.10 Å². The summed E-state index contributed by atoms with van der Waals surface area (Å²) in [5, 5.41) is 4.24. The highest BCUT2D eigenvalue weighted by Gasteiger charge is 2.09. The van der Waals surface area contributed by atoms with Crippen molar-refractivity contribution in [3.05, 3.63) is 91.5 Å². The molecule has 0 spiro atoms. The van der Waals surface area contributed by atoms with Crippen molar-refractivity contribution >= 4 is 5.52 Å². The Balaban J connectivity index is 1.48. The molecule has 5 aromatic rings. The van der Waals surface area contributed by atoms with E-state index < -0.39 is 0 Å². The SMILES string of the molecule is Cn1cc(-c2cn3c(-c4ccc(Oc5ccccc5)cc4)ccc3cn2)cn1. The third-order valence-corrected chi connectivity index (χ3v) is 4.67. The first-order valence-corrected chi connectivity index (χ1v) is 9.06. The molecule has 5 rings (SSSR count). The fraction of sp³-hybridized carbons (Fsp3) is 0.0435. The first-order chi connectivity index (χ1) is 13.8. The molecule has 0 atom stereocenters. The lowest BCUT2D eigenvalue weighted by Gasteiger charge is -2.08. The van der Waals surface area contributed by atoms with Crippen molar-refractivity contribution in [2.45, 2.75) is 0 Å². The van der Waals surface area contributed by atoms with E-state index >= 15 is 0 Å². The van der Waals surface area contributed by atoms with Crippen molar-refractivity contribution in [3.8, 4) is 34.0 Å². The minimum Gasteiger partial charge on any atom is -0.457 e. The number of ether oxygens (including phenoxy) is 1. The van der Waals surface area contributed by atoms with Crippen molar-refractivity contribution < 1.29 is 4.74 Å². The van der Waals surface area contributed by atoms with E-state index in [9.17, 15) is 0 Å². The number of para-hydroxylation sites is 1. The van der Waals surface area contributed by atoms with E-state index in [1.54, 1.807) is 4.68 Å². The second-order valence-corrected chi connectivity index (χ2v) is 6.63. The molecule has 0 radical (unpaired) electrons. The van der Waals surface area contributed by atoms with Crippen LogP contribution in [0.4, 0.5) is 0 Å². The van der Waals surface area contributed by atoms with Gasteiger partial charge in [0.15, 0.2) is 0 Å². The lowest BCUT2D eigenvalue weighted by atomic mass is 10.1. The molecule has 0 aliphatic rings. The molecule has 0 unspecified atom stereocenters. The Kier molecular flexibility index (Phi) is 3.91. The lowest BCUT2D eigenvalue weighted by molar-refractivity contribution is 0.483. The molecule has 3 heterocycles. The van der Waals surface area contributed by atoms with Crippen molar-refractivity contribution in [1.82, 2.24) is 19.2 Å². The smallest absolute Gasteiger partial charge is 0.127 e. The highest BCUT2D eigenvalue weighted by Crippen LogP contribution is 2.28. The first-order valence-electron chi connectivity index (χ1n) is 9.06. The number of rotatable bonds is 4. The highest BCUT2D eigenvalue weighted by molar-refractivity contribution is 5.69. The second kappa shape index (κ2) is 6.70. The number of hydrogen-bond donors (Lipinski definition) is 0. The maximum atomic E-state index is 5.89. The molecule has 0 saturated carbocycles. The number of aromatic nitrogens is 4. The summed E-state index contributed by atoms with van der Waals surface area (Å²) < 4.78 is 9.83. The number of benzene rings is 2. The summed E-state index contributed by atoms with van der Waals surface area (Å²) in [6, 6.07) is 22.1. The van der Waals surface area contributed by atoms with Crippen LogP contribution in [0.15, 0.2) is 91.5 Å². The van der Waals surface area contributed by atoms with Crippen molar-refractivity contribution in [2.75, 3.05) is 0 Å². The van der Waals surface area contributed by atoms with Crippen LogP contribution in [-0.2, 0) is 7.05 Å². The van der Waals surface area contributed by atoms with Crippen LogP contribution in [0.5, 0.6) is 11.5 Å². The number of hydrogen-bond acceptors (Lipinski definition) is 3. The predicted molar refractivity (Wildman–Crippen MR) is 109 cm³/mol. The van der Waals surface area contributed by atoms with Gasteiger partial charge in [0, 0.05) is 25.0 Å². The van der Waals surface area contributed by atoms with Gasteiger partial charge >= 0.3 is 0 Å². The van der Waals surface area contributed by atoms with Crippen LogP contribution in [0.3, 0.4) is 0 Å². The van der Waals surface area contributed by atoms with E-state index in [-0.39, 0.29) is 0 Å². The Morgan fingerprint density at radius 3 is 2.29 bits per heavy atom. The highest BCUT2D eigenvalue weighted by atomic mass is 16.5. The van der Waals surface area contributed by atoms with Gasteiger partial charge in [-0.25, -0.2) is 0 Å². The Morgan fingerprint density at radius 2 is 1.54 bits per heavy atom. The summed E-state index contributed by atoms with van der Waals surface area (Å²) in [6.07, 6.45) is 7.73. The third kappa shape index (κ3) is 3.03. The molecule has 2 aromatic carbocycles. The average Bonchev–Trinajstić information content (AvgIpc) is 3.35. The predicted octanol–water partition coefficient (Wildman–Crippen LogP) is 5.19. The van der Waals surface area contributed by atoms with Crippen LogP contribution in [0.25, 0.3) is 28.0 Å². The van der Waals surface area contributed by atoms with E-state index in [1.165, 1.54) is 0 Å². The monoisotopic (exact) mass is 366 g/mol. The Morgan fingerprint density at radius 1 is 0.750 bits per heavy atom. The van der Waals surface area contributed by atoms with Crippen LogP contribution < -0.4 is 4.74 Å². The molecule has 0 saturated heterocycles. The third-order valence-electron chi connectivity index (χ3n) is 4.67. The zero-order valence-electron chi connectivity index (χ0n) is 15.4.